The zero-order valence-corrected chi connectivity index (χ0v) is 7.13. The fraction of sp³-hybridized carbons (Fsp3) is 0.429. The van der Waals surface area contributed by atoms with Crippen LogP contribution in [-0.2, 0) is 25.5 Å². The molecule has 1 fully saturated rings. The van der Waals surface area contributed by atoms with Gasteiger partial charge in [-0.3, -0.25) is 4.79 Å². The van der Waals surface area contributed by atoms with E-state index in [1.165, 1.54) is 6.08 Å². The predicted molar refractivity (Wildman–Crippen MR) is 44.0 cm³/mol. The molecule has 0 radical (unpaired) electrons. The van der Waals surface area contributed by atoms with Crippen LogP contribution >= 0.6 is 0 Å². The molecule has 0 amide bonds. The van der Waals surface area contributed by atoms with Crippen LogP contribution in [0.2, 0.25) is 0 Å². The first-order valence-electron chi connectivity index (χ1n) is 3.33. The van der Waals surface area contributed by atoms with E-state index in [1.54, 1.807) is 0 Å². The van der Waals surface area contributed by atoms with Gasteiger partial charge in [0.1, 0.15) is 4.86 Å². The minimum Gasteiger partial charge on any atom is -0.337 e. The third-order valence-electron chi connectivity index (χ3n) is 1.49. The second-order valence-corrected chi connectivity index (χ2v) is 2.74. The largest absolute Gasteiger partial charge is 0.337 e. The summed E-state index contributed by atoms with van der Waals surface area (Å²) < 4.78 is 20.5. The van der Waals surface area contributed by atoms with Gasteiger partial charge in [-0.1, -0.05) is 6.58 Å². The molecule has 0 aromatic heterocycles. The number of carbonyl (C=O) groups is 1. The average Bonchev–Trinajstić information content (AvgIpc) is 2.56. The lowest BCUT2D eigenvalue weighted by atomic mass is 10.2. The Labute approximate surface area is 73.2 Å². The number of hydrogen-bond donors (Lipinski definition) is 0. The molecule has 0 bridgehead atoms. The Hall–Kier alpha value is -0.780. The van der Waals surface area contributed by atoms with Crippen LogP contribution < -0.4 is 0 Å². The lowest BCUT2D eigenvalue weighted by molar-refractivity contribution is -0.143. The Kier molecular flexibility index (Phi) is 2.91. The fourth-order valence-electron chi connectivity index (χ4n) is 0.931. The summed E-state index contributed by atoms with van der Waals surface area (Å²) in [6.07, 6.45) is 1.75. The SMILES string of the molecule is C=CC(=S=O)C1(C=O)OCCO1. The van der Waals surface area contributed by atoms with Gasteiger partial charge in [0, 0.05) is 0 Å². The van der Waals surface area contributed by atoms with Crippen molar-refractivity contribution in [2.45, 2.75) is 5.79 Å². The van der Waals surface area contributed by atoms with Gasteiger partial charge in [-0.2, -0.15) is 0 Å². The standard InChI is InChI=1S/C7H8O4S/c1-2-6(12-9)7(5-8)10-3-4-11-7/h2,5H,1,3-4H2. The molecule has 66 valence electrons. The second kappa shape index (κ2) is 3.75. The van der Waals surface area contributed by atoms with E-state index < -0.39 is 5.79 Å². The number of ether oxygens (including phenoxy) is 2. The molecule has 4 nitrogen and oxygen atoms in total. The molecule has 5 heteroatoms. The quantitative estimate of drug-likeness (QED) is 0.340. The highest BCUT2D eigenvalue weighted by molar-refractivity contribution is 7.67. The molecule has 0 N–H and O–H groups in total. The van der Waals surface area contributed by atoms with E-state index in [4.69, 9.17) is 9.47 Å². The molecular weight excluding hydrogens is 180 g/mol. The summed E-state index contributed by atoms with van der Waals surface area (Å²) in [5, 5.41) is 0. The van der Waals surface area contributed by atoms with Crippen molar-refractivity contribution in [2.24, 2.45) is 0 Å². The van der Waals surface area contributed by atoms with Gasteiger partial charge in [0.05, 0.1) is 24.5 Å². The summed E-state index contributed by atoms with van der Waals surface area (Å²) in [6, 6.07) is 0. The summed E-state index contributed by atoms with van der Waals surface area (Å²) in [5.41, 5.74) is 0. The lowest BCUT2D eigenvalue weighted by Crippen LogP contribution is -2.40. The van der Waals surface area contributed by atoms with Crippen LogP contribution in [0.25, 0.3) is 0 Å². The number of carbonyl (C=O) groups excluding carboxylic acids is 1. The Bertz CT molecular complexity index is 248. The smallest absolute Gasteiger partial charge is 0.266 e. The first-order chi connectivity index (χ1) is 5.79. The van der Waals surface area contributed by atoms with E-state index in [-0.39, 0.29) is 16.1 Å². The monoisotopic (exact) mass is 188 g/mol. The fourth-order valence-corrected chi connectivity index (χ4v) is 1.28. The van der Waals surface area contributed by atoms with Crippen LogP contribution in [0.4, 0.5) is 0 Å². The van der Waals surface area contributed by atoms with Gasteiger partial charge >= 0.3 is 0 Å². The zero-order chi connectivity index (χ0) is 9.03. The molecule has 12 heavy (non-hydrogen) atoms. The van der Waals surface area contributed by atoms with Gasteiger partial charge in [-0.15, -0.1) is 0 Å². The van der Waals surface area contributed by atoms with E-state index in [2.05, 4.69) is 6.58 Å². The highest BCUT2D eigenvalue weighted by Gasteiger charge is 2.40. The summed E-state index contributed by atoms with van der Waals surface area (Å²) >= 11 is 0.158. The average molecular weight is 188 g/mol. The van der Waals surface area contributed by atoms with Crippen molar-refractivity contribution in [2.75, 3.05) is 13.2 Å². The lowest BCUT2D eigenvalue weighted by Gasteiger charge is -2.18. The molecule has 1 heterocycles. The van der Waals surface area contributed by atoms with Crippen molar-refractivity contribution in [1.29, 1.82) is 0 Å². The molecule has 1 saturated heterocycles. The zero-order valence-electron chi connectivity index (χ0n) is 6.32. The van der Waals surface area contributed by atoms with Crippen LogP contribution in [0.5, 0.6) is 0 Å². The van der Waals surface area contributed by atoms with Gasteiger partial charge < -0.3 is 9.47 Å². The predicted octanol–water partition coefficient (Wildman–Crippen LogP) is -0.500. The third kappa shape index (κ3) is 1.38. The molecule has 1 aliphatic rings. The first kappa shape index (κ1) is 9.31. The van der Waals surface area contributed by atoms with Gasteiger partial charge in [0.2, 0.25) is 0 Å². The normalized spacial score (nSPS) is 20.0. The summed E-state index contributed by atoms with van der Waals surface area (Å²) in [7, 11) is 0. The van der Waals surface area contributed by atoms with Gasteiger partial charge in [-0.25, -0.2) is 4.21 Å². The maximum atomic E-state index is 10.6. The maximum Gasteiger partial charge on any atom is 0.266 e. The molecule has 0 aromatic rings. The summed E-state index contributed by atoms with van der Waals surface area (Å²) in [6.45, 7) is 4.02. The van der Waals surface area contributed by atoms with Crippen LogP contribution in [0.1, 0.15) is 0 Å². The molecule has 0 atom stereocenters. The Balaban J connectivity index is 3.00. The van der Waals surface area contributed by atoms with Crippen LogP contribution in [0, 0.1) is 0 Å². The van der Waals surface area contributed by atoms with Crippen LogP contribution in [0.15, 0.2) is 12.7 Å². The van der Waals surface area contributed by atoms with Crippen LogP contribution in [0.3, 0.4) is 0 Å². The van der Waals surface area contributed by atoms with Crippen molar-refractivity contribution >= 4 is 22.4 Å². The molecule has 1 rings (SSSR count). The van der Waals surface area contributed by atoms with Crippen molar-refractivity contribution in [3.05, 3.63) is 12.7 Å². The third-order valence-corrected chi connectivity index (χ3v) is 2.12. The van der Waals surface area contributed by atoms with Gasteiger partial charge in [0.15, 0.2) is 6.29 Å². The molecular formula is C7H8O4S. The molecule has 0 saturated carbocycles. The van der Waals surface area contributed by atoms with Crippen molar-refractivity contribution < 1.29 is 18.5 Å². The minimum atomic E-state index is -1.48. The Morgan fingerprint density at radius 3 is 2.42 bits per heavy atom. The molecule has 0 aromatic carbocycles. The van der Waals surface area contributed by atoms with E-state index >= 15 is 0 Å². The van der Waals surface area contributed by atoms with Gasteiger partial charge in [-0.05, 0) is 6.08 Å². The van der Waals surface area contributed by atoms with Crippen molar-refractivity contribution in [3.63, 3.8) is 0 Å². The molecule has 0 unspecified atom stereocenters. The summed E-state index contributed by atoms with van der Waals surface area (Å²) in [4.78, 5) is 10.8. The van der Waals surface area contributed by atoms with Crippen molar-refractivity contribution in [3.8, 4) is 0 Å². The first-order valence-corrected chi connectivity index (χ1v) is 4.07. The topological polar surface area (TPSA) is 52.6 Å². The summed E-state index contributed by atoms with van der Waals surface area (Å²) in [5.74, 6) is -1.48. The van der Waals surface area contributed by atoms with E-state index in [9.17, 15) is 9.00 Å². The minimum absolute atomic E-state index is 0.148. The highest BCUT2D eigenvalue weighted by Crippen LogP contribution is 2.18. The Morgan fingerprint density at radius 1 is 1.50 bits per heavy atom. The van der Waals surface area contributed by atoms with Crippen LogP contribution in [-0.4, -0.2) is 34.4 Å². The van der Waals surface area contributed by atoms with Gasteiger partial charge in [0.25, 0.3) is 5.79 Å². The molecule has 0 spiro atoms. The molecule has 0 aliphatic carbocycles. The van der Waals surface area contributed by atoms with E-state index in [0.717, 1.165) is 0 Å². The maximum absolute atomic E-state index is 10.6. The molecule has 1 aliphatic heterocycles. The van der Waals surface area contributed by atoms with E-state index in [1.807, 2.05) is 0 Å². The highest BCUT2D eigenvalue weighted by atomic mass is 32.1. The Morgan fingerprint density at radius 2 is 2.08 bits per heavy atom. The second-order valence-electron chi connectivity index (χ2n) is 2.13. The number of hydrogen-bond acceptors (Lipinski definition) is 4. The van der Waals surface area contributed by atoms with Crippen molar-refractivity contribution in [1.82, 2.24) is 0 Å². The number of rotatable bonds is 3. The number of aldehydes is 1. The van der Waals surface area contributed by atoms with E-state index in [0.29, 0.717) is 19.5 Å².